The number of ether oxygens (including phenoxy) is 1. The van der Waals surface area contributed by atoms with Gasteiger partial charge in [0.15, 0.2) is 5.78 Å². The quantitative estimate of drug-likeness (QED) is 0.349. The molecule has 0 aromatic heterocycles. The molecule has 2 N–H and O–H groups in total. The number of hydrogen-bond acceptors (Lipinski definition) is 4. The van der Waals surface area contributed by atoms with E-state index in [4.69, 9.17) is 17.0 Å². The lowest BCUT2D eigenvalue weighted by atomic mass is 9.97. The van der Waals surface area contributed by atoms with Gasteiger partial charge >= 0.3 is 0 Å². The Kier molecular flexibility index (Phi) is 5.85. The lowest BCUT2D eigenvalue weighted by molar-refractivity contribution is 0.0488. The molecule has 0 unspecified atom stereocenters. The van der Waals surface area contributed by atoms with Crippen molar-refractivity contribution < 1.29 is 14.6 Å². The van der Waals surface area contributed by atoms with Crippen molar-refractivity contribution >= 4 is 23.0 Å². The molecule has 0 heterocycles. The minimum atomic E-state index is -1.37. The first-order valence-corrected chi connectivity index (χ1v) is 6.65. The van der Waals surface area contributed by atoms with E-state index in [0.717, 1.165) is 0 Å². The molecule has 108 valence electrons. The number of aliphatic hydroxyl groups is 1. The Bertz CT molecular complexity index is 489. The Morgan fingerprint density at radius 1 is 1.45 bits per heavy atom. The minimum Gasteiger partial charge on any atom is -0.492 e. The van der Waals surface area contributed by atoms with E-state index >= 15 is 0 Å². The highest BCUT2D eigenvalue weighted by molar-refractivity contribution is 7.80. The van der Waals surface area contributed by atoms with E-state index in [1.165, 1.54) is 13.8 Å². The largest absolute Gasteiger partial charge is 0.492 e. The topological polar surface area (TPSA) is 58.6 Å². The SMILES string of the molecule is C=CC(=S)NCCOc1ccc(C(=O)C(C)(C)O)cc1. The number of Topliss-reactive ketones (excluding diaryl/α,β-unsaturated/α-hetero) is 1. The molecule has 4 nitrogen and oxygen atoms in total. The van der Waals surface area contributed by atoms with Gasteiger partial charge in [0.1, 0.15) is 18.0 Å². The summed E-state index contributed by atoms with van der Waals surface area (Å²) in [7, 11) is 0. The van der Waals surface area contributed by atoms with Crippen molar-refractivity contribution in [3.05, 3.63) is 42.5 Å². The molecule has 0 fully saturated rings. The van der Waals surface area contributed by atoms with Gasteiger partial charge in [0.2, 0.25) is 0 Å². The van der Waals surface area contributed by atoms with Crippen LogP contribution in [0.25, 0.3) is 0 Å². The fourth-order valence-electron chi connectivity index (χ4n) is 1.47. The summed E-state index contributed by atoms with van der Waals surface area (Å²) >= 11 is 4.92. The summed E-state index contributed by atoms with van der Waals surface area (Å²) < 4.78 is 5.49. The van der Waals surface area contributed by atoms with Crippen LogP contribution in [0.3, 0.4) is 0 Å². The van der Waals surface area contributed by atoms with Crippen molar-refractivity contribution in [2.75, 3.05) is 13.2 Å². The molecule has 0 aliphatic heterocycles. The lowest BCUT2D eigenvalue weighted by Crippen LogP contribution is -2.31. The molecular weight excluding hydrogens is 274 g/mol. The Morgan fingerprint density at radius 3 is 2.55 bits per heavy atom. The molecule has 0 radical (unpaired) electrons. The second-order valence-electron chi connectivity index (χ2n) is 4.76. The van der Waals surface area contributed by atoms with E-state index < -0.39 is 5.60 Å². The van der Waals surface area contributed by atoms with E-state index in [0.29, 0.717) is 29.5 Å². The Balaban J connectivity index is 2.49. The van der Waals surface area contributed by atoms with Crippen molar-refractivity contribution in [2.24, 2.45) is 0 Å². The second-order valence-corrected chi connectivity index (χ2v) is 5.20. The van der Waals surface area contributed by atoms with Gasteiger partial charge in [-0.3, -0.25) is 4.79 Å². The predicted octanol–water partition coefficient (Wildman–Crippen LogP) is 2.12. The molecule has 5 heteroatoms. The van der Waals surface area contributed by atoms with Gasteiger partial charge in [0.05, 0.1) is 4.99 Å². The third-order valence-corrected chi connectivity index (χ3v) is 2.84. The summed E-state index contributed by atoms with van der Waals surface area (Å²) in [6.45, 7) is 7.51. The monoisotopic (exact) mass is 293 g/mol. The molecule has 20 heavy (non-hydrogen) atoms. The smallest absolute Gasteiger partial charge is 0.193 e. The second kappa shape index (κ2) is 7.17. The third kappa shape index (κ3) is 5.11. The molecule has 0 saturated heterocycles. The molecule has 1 aromatic rings. The number of rotatable bonds is 7. The Labute approximate surface area is 124 Å². The molecule has 0 atom stereocenters. The predicted molar refractivity (Wildman–Crippen MR) is 83.4 cm³/mol. The molecule has 0 saturated carbocycles. The number of carbonyl (C=O) groups is 1. The van der Waals surface area contributed by atoms with Crippen molar-refractivity contribution in [1.29, 1.82) is 0 Å². The maximum Gasteiger partial charge on any atom is 0.193 e. The first kappa shape index (κ1) is 16.3. The van der Waals surface area contributed by atoms with Gasteiger partial charge in [0, 0.05) is 12.1 Å². The van der Waals surface area contributed by atoms with Crippen LogP contribution in [0.5, 0.6) is 5.75 Å². The normalized spacial score (nSPS) is 10.8. The maximum absolute atomic E-state index is 11.8. The average molecular weight is 293 g/mol. The number of carbonyl (C=O) groups excluding carboxylic acids is 1. The molecule has 0 aliphatic rings. The maximum atomic E-state index is 11.8. The van der Waals surface area contributed by atoms with Gasteiger partial charge in [-0.15, -0.1) is 0 Å². The Hall–Kier alpha value is -1.72. The van der Waals surface area contributed by atoms with Crippen LogP contribution in [0.15, 0.2) is 36.9 Å². The molecule has 1 rings (SSSR count). The number of thiocarbonyl (C=S) groups is 1. The van der Waals surface area contributed by atoms with E-state index in [9.17, 15) is 9.90 Å². The van der Waals surface area contributed by atoms with E-state index in [2.05, 4.69) is 11.9 Å². The summed E-state index contributed by atoms with van der Waals surface area (Å²) in [4.78, 5) is 12.4. The molecule has 0 bridgehead atoms. The van der Waals surface area contributed by atoms with Gasteiger partial charge in [0.25, 0.3) is 0 Å². The summed E-state index contributed by atoms with van der Waals surface area (Å²) in [5, 5.41) is 12.6. The zero-order valence-electron chi connectivity index (χ0n) is 11.7. The minimum absolute atomic E-state index is 0.318. The van der Waals surface area contributed by atoms with Crippen molar-refractivity contribution in [1.82, 2.24) is 5.32 Å². The van der Waals surface area contributed by atoms with Crippen molar-refractivity contribution in [3.8, 4) is 5.75 Å². The number of hydrogen-bond donors (Lipinski definition) is 2. The van der Waals surface area contributed by atoms with Crippen LogP contribution in [0.1, 0.15) is 24.2 Å². The number of nitrogens with one attached hydrogen (secondary N) is 1. The van der Waals surface area contributed by atoms with Crippen LogP contribution < -0.4 is 10.1 Å². The van der Waals surface area contributed by atoms with Crippen LogP contribution >= 0.6 is 12.2 Å². The Morgan fingerprint density at radius 2 is 2.05 bits per heavy atom. The summed E-state index contributed by atoms with van der Waals surface area (Å²) in [6, 6.07) is 6.67. The van der Waals surface area contributed by atoms with Crippen LogP contribution in [0, 0.1) is 0 Å². The van der Waals surface area contributed by atoms with Gasteiger partial charge in [-0.1, -0.05) is 18.8 Å². The van der Waals surface area contributed by atoms with Crippen LogP contribution in [0.2, 0.25) is 0 Å². The zero-order chi connectivity index (χ0) is 15.2. The third-order valence-electron chi connectivity index (χ3n) is 2.53. The lowest BCUT2D eigenvalue weighted by Gasteiger charge is -2.15. The molecule has 0 spiro atoms. The van der Waals surface area contributed by atoms with Crippen molar-refractivity contribution in [3.63, 3.8) is 0 Å². The van der Waals surface area contributed by atoms with E-state index in [1.807, 2.05) is 0 Å². The standard InChI is InChI=1S/C15H19NO3S/c1-4-13(20)16-9-10-19-12-7-5-11(6-8-12)14(17)15(2,3)18/h4-8,18H,1,9-10H2,2-3H3,(H,16,20). The highest BCUT2D eigenvalue weighted by Crippen LogP contribution is 2.16. The average Bonchev–Trinajstić information content (AvgIpc) is 2.42. The van der Waals surface area contributed by atoms with E-state index in [-0.39, 0.29) is 5.78 Å². The van der Waals surface area contributed by atoms with Crippen molar-refractivity contribution in [2.45, 2.75) is 19.4 Å². The van der Waals surface area contributed by atoms with Gasteiger partial charge < -0.3 is 15.2 Å². The molecule has 1 aromatic carbocycles. The van der Waals surface area contributed by atoms with E-state index in [1.54, 1.807) is 30.3 Å². The zero-order valence-corrected chi connectivity index (χ0v) is 12.5. The van der Waals surface area contributed by atoms with Crippen LogP contribution in [0.4, 0.5) is 0 Å². The van der Waals surface area contributed by atoms with Crippen LogP contribution in [-0.4, -0.2) is 34.6 Å². The highest BCUT2D eigenvalue weighted by Gasteiger charge is 2.24. The van der Waals surface area contributed by atoms with Gasteiger partial charge in [-0.25, -0.2) is 0 Å². The number of ketones is 1. The molecular formula is C15H19NO3S. The fraction of sp³-hybridized carbons (Fsp3) is 0.333. The first-order chi connectivity index (χ1) is 9.34. The number of benzene rings is 1. The highest BCUT2D eigenvalue weighted by atomic mass is 32.1. The van der Waals surface area contributed by atoms with Gasteiger partial charge in [-0.2, -0.15) is 0 Å². The summed E-state index contributed by atoms with van der Waals surface area (Å²) in [5.41, 5.74) is -0.914. The van der Waals surface area contributed by atoms with Gasteiger partial charge in [-0.05, 0) is 44.2 Å². The summed E-state index contributed by atoms with van der Waals surface area (Å²) in [6.07, 6.45) is 1.56. The first-order valence-electron chi connectivity index (χ1n) is 6.25. The fourth-order valence-corrected chi connectivity index (χ4v) is 1.57. The van der Waals surface area contributed by atoms with Crippen LogP contribution in [-0.2, 0) is 0 Å². The molecule has 0 aliphatic carbocycles. The molecule has 0 amide bonds. The summed E-state index contributed by atoms with van der Waals surface area (Å²) in [5.74, 6) is 0.339.